The number of nitrogens with zero attached hydrogens (tertiary/aromatic N) is 3. The van der Waals surface area contributed by atoms with Crippen LogP contribution >= 0.6 is 0 Å². The molecule has 7 nitrogen and oxygen atoms in total. The lowest BCUT2D eigenvalue weighted by atomic mass is 10.0. The lowest BCUT2D eigenvalue weighted by molar-refractivity contribution is 0.133. The number of hydrogen-bond acceptors (Lipinski definition) is 7. The third-order valence-electron chi connectivity index (χ3n) is 5.08. The van der Waals surface area contributed by atoms with E-state index in [-0.39, 0.29) is 6.04 Å². The highest BCUT2D eigenvalue weighted by molar-refractivity contribution is 5.55. The highest BCUT2D eigenvalue weighted by atomic mass is 16.5. The molecule has 2 heterocycles. The summed E-state index contributed by atoms with van der Waals surface area (Å²) < 4.78 is 16.6. The molecule has 0 radical (unpaired) electrons. The van der Waals surface area contributed by atoms with Crippen molar-refractivity contribution < 1.29 is 14.0 Å². The van der Waals surface area contributed by atoms with Crippen molar-refractivity contribution in [2.24, 2.45) is 0 Å². The van der Waals surface area contributed by atoms with Crippen LogP contribution in [0.15, 0.2) is 53.1 Å². The fourth-order valence-electron chi connectivity index (χ4n) is 3.66. The second-order valence-corrected chi connectivity index (χ2v) is 6.90. The Hall–Kier alpha value is -2.90. The van der Waals surface area contributed by atoms with E-state index >= 15 is 0 Å². The number of aromatic nitrogens is 2. The van der Waals surface area contributed by atoms with Crippen LogP contribution < -0.4 is 14.8 Å². The van der Waals surface area contributed by atoms with Crippen molar-refractivity contribution in [3.8, 4) is 22.9 Å². The highest BCUT2D eigenvalue weighted by Crippen LogP contribution is 2.31. The van der Waals surface area contributed by atoms with Crippen LogP contribution in [0.4, 0.5) is 0 Å². The molecule has 2 aromatic carbocycles. The Labute approximate surface area is 170 Å². The molecule has 0 bridgehead atoms. The molecule has 3 aromatic rings. The van der Waals surface area contributed by atoms with Crippen LogP contribution in [-0.4, -0.2) is 48.4 Å². The molecule has 1 saturated heterocycles. The molecule has 1 unspecified atom stereocenters. The Morgan fingerprint density at radius 3 is 2.79 bits per heavy atom. The van der Waals surface area contributed by atoms with Crippen LogP contribution in [0.2, 0.25) is 0 Å². The van der Waals surface area contributed by atoms with Crippen LogP contribution in [0.5, 0.6) is 11.5 Å². The van der Waals surface area contributed by atoms with Crippen molar-refractivity contribution in [3.63, 3.8) is 0 Å². The van der Waals surface area contributed by atoms with E-state index in [9.17, 15) is 0 Å². The van der Waals surface area contributed by atoms with Crippen molar-refractivity contribution in [2.45, 2.75) is 19.5 Å². The first-order valence-electron chi connectivity index (χ1n) is 9.92. The van der Waals surface area contributed by atoms with Gasteiger partial charge in [0.05, 0.1) is 26.3 Å². The van der Waals surface area contributed by atoms with Crippen LogP contribution in [0.1, 0.15) is 24.4 Å². The normalized spacial score (nSPS) is 17.2. The summed E-state index contributed by atoms with van der Waals surface area (Å²) in [5.41, 5.74) is 2.07. The zero-order chi connectivity index (χ0) is 20.1. The summed E-state index contributed by atoms with van der Waals surface area (Å²) in [4.78, 5) is 6.96. The van der Waals surface area contributed by atoms with Gasteiger partial charge >= 0.3 is 0 Å². The van der Waals surface area contributed by atoms with E-state index in [4.69, 9.17) is 14.0 Å². The predicted molar refractivity (Wildman–Crippen MR) is 110 cm³/mol. The summed E-state index contributed by atoms with van der Waals surface area (Å²) >= 11 is 0. The standard InChI is InChI=1S/C22H26N4O3/c1-3-28-17-10-8-16(9-11-17)22-24-21(29-25-22)15-26-13-12-23-14-19(26)18-6-4-5-7-20(18)27-2/h4-11,19,23H,3,12-15H2,1-2H3. The maximum absolute atomic E-state index is 5.57. The molecule has 1 aromatic heterocycles. The SMILES string of the molecule is CCOc1ccc(-c2noc(CN3CCNCC3c3ccccc3OC)n2)cc1. The minimum absolute atomic E-state index is 0.181. The summed E-state index contributed by atoms with van der Waals surface area (Å²) in [5.74, 6) is 2.93. The van der Waals surface area contributed by atoms with Gasteiger partial charge in [-0.1, -0.05) is 23.4 Å². The van der Waals surface area contributed by atoms with Gasteiger partial charge in [-0.2, -0.15) is 4.98 Å². The average molecular weight is 394 g/mol. The number of methoxy groups -OCH3 is 1. The van der Waals surface area contributed by atoms with E-state index in [1.807, 2.05) is 49.4 Å². The molecule has 7 heteroatoms. The molecule has 152 valence electrons. The minimum Gasteiger partial charge on any atom is -0.496 e. The molecule has 1 aliphatic rings. The van der Waals surface area contributed by atoms with Gasteiger partial charge in [-0.15, -0.1) is 0 Å². The molecule has 0 amide bonds. The second-order valence-electron chi connectivity index (χ2n) is 6.90. The Morgan fingerprint density at radius 2 is 2.00 bits per heavy atom. The van der Waals surface area contributed by atoms with E-state index in [1.165, 1.54) is 0 Å². The van der Waals surface area contributed by atoms with Gasteiger partial charge in [0.1, 0.15) is 11.5 Å². The molecule has 1 aliphatic heterocycles. The van der Waals surface area contributed by atoms with Gasteiger partial charge < -0.3 is 19.3 Å². The molecular weight excluding hydrogens is 368 g/mol. The van der Waals surface area contributed by atoms with Gasteiger partial charge in [-0.25, -0.2) is 0 Å². The number of benzene rings is 2. The molecule has 0 spiro atoms. The van der Waals surface area contributed by atoms with Crippen molar-refractivity contribution in [3.05, 3.63) is 60.0 Å². The fraction of sp³-hybridized carbons (Fsp3) is 0.364. The Balaban J connectivity index is 1.50. The molecular formula is C22H26N4O3. The summed E-state index contributed by atoms with van der Waals surface area (Å²) in [6.45, 7) is 5.86. The third-order valence-corrected chi connectivity index (χ3v) is 5.08. The fourth-order valence-corrected chi connectivity index (χ4v) is 3.66. The van der Waals surface area contributed by atoms with Crippen LogP contribution in [0.25, 0.3) is 11.4 Å². The largest absolute Gasteiger partial charge is 0.496 e. The molecule has 1 atom stereocenters. The number of rotatable bonds is 7. The number of hydrogen-bond donors (Lipinski definition) is 1. The number of para-hydroxylation sites is 1. The van der Waals surface area contributed by atoms with Crippen LogP contribution in [0.3, 0.4) is 0 Å². The zero-order valence-electron chi connectivity index (χ0n) is 16.8. The third kappa shape index (κ3) is 4.41. The first kappa shape index (κ1) is 19.4. The quantitative estimate of drug-likeness (QED) is 0.659. The van der Waals surface area contributed by atoms with Gasteiger partial charge in [0, 0.05) is 30.8 Å². The van der Waals surface area contributed by atoms with E-state index < -0.39 is 0 Å². The molecule has 1 fully saturated rings. The number of nitrogens with one attached hydrogen (secondary N) is 1. The molecule has 0 saturated carbocycles. The van der Waals surface area contributed by atoms with Crippen molar-refractivity contribution >= 4 is 0 Å². The lowest BCUT2D eigenvalue weighted by Gasteiger charge is -2.36. The first-order chi connectivity index (χ1) is 14.3. The van der Waals surface area contributed by atoms with Crippen LogP contribution in [-0.2, 0) is 6.54 Å². The average Bonchev–Trinajstić information content (AvgIpc) is 3.23. The topological polar surface area (TPSA) is 72.7 Å². The summed E-state index contributed by atoms with van der Waals surface area (Å²) in [6.07, 6.45) is 0. The van der Waals surface area contributed by atoms with Gasteiger partial charge in [-0.05, 0) is 37.3 Å². The van der Waals surface area contributed by atoms with Crippen LogP contribution in [0, 0.1) is 0 Å². The Morgan fingerprint density at radius 1 is 1.17 bits per heavy atom. The lowest BCUT2D eigenvalue weighted by Crippen LogP contribution is -2.45. The Kier molecular flexibility index (Phi) is 6.07. The van der Waals surface area contributed by atoms with Gasteiger partial charge in [0.15, 0.2) is 0 Å². The number of ether oxygens (including phenoxy) is 2. The summed E-state index contributed by atoms with van der Waals surface area (Å²) in [5, 5.41) is 7.64. The summed E-state index contributed by atoms with van der Waals surface area (Å²) in [7, 11) is 1.71. The molecule has 4 rings (SSSR count). The van der Waals surface area contributed by atoms with Gasteiger partial charge in [0.25, 0.3) is 0 Å². The Bertz CT molecular complexity index is 926. The van der Waals surface area contributed by atoms with Crippen molar-refractivity contribution in [1.29, 1.82) is 0 Å². The summed E-state index contributed by atoms with van der Waals surface area (Å²) in [6, 6.07) is 16.1. The minimum atomic E-state index is 0.181. The molecule has 29 heavy (non-hydrogen) atoms. The van der Waals surface area contributed by atoms with Crippen molar-refractivity contribution in [2.75, 3.05) is 33.4 Å². The predicted octanol–water partition coefficient (Wildman–Crippen LogP) is 3.29. The van der Waals surface area contributed by atoms with Gasteiger partial charge in [0.2, 0.25) is 11.7 Å². The van der Waals surface area contributed by atoms with E-state index in [0.717, 1.165) is 42.3 Å². The highest BCUT2D eigenvalue weighted by Gasteiger charge is 2.27. The van der Waals surface area contributed by atoms with E-state index in [1.54, 1.807) is 7.11 Å². The van der Waals surface area contributed by atoms with E-state index in [0.29, 0.717) is 24.9 Å². The van der Waals surface area contributed by atoms with E-state index in [2.05, 4.69) is 26.4 Å². The first-order valence-corrected chi connectivity index (χ1v) is 9.92. The maximum Gasteiger partial charge on any atom is 0.241 e. The maximum atomic E-state index is 5.57. The monoisotopic (exact) mass is 394 g/mol. The number of piperazine rings is 1. The second kappa shape index (κ2) is 9.07. The zero-order valence-corrected chi connectivity index (χ0v) is 16.8. The van der Waals surface area contributed by atoms with Crippen molar-refractivity contribution in [1.82, 2.24) is 20.4 Å². The molecule has 1 N–H and O–H groups in total. The van der Waals surface area contributed by atoms with Gasteiger partial charge in [-0.3, -0.25) is 4.90 Å². The molecule has 0 aliphatic carbocycles. The smallest absolute Gasteiger partial charge is 0.241 e.